The number of hydrogen-bond acceptors (Lipinski definition) is 3. The van der Waals surface area contributed by atoms with Crippen LogP contribution in [0.15, 0.2) is 23.0 Å². The van der Waals surface area contributed by atoms with Crippen molar-refractivity contribution >= 4 is 0 Å². The molecule has 1 aromatic heterocycles. The predicted octanol–water partition coefficient (Wildman–Crippen LogP) is 2.41. The van der Waals surface area contributed by atoms with Crippen LogP contribution >= 0.6 is 0 Å². The van der Waals surface area contributed by atoms with Crippen LogP contribution in [0.1, 0.15) is 37.3 Å². The Balaban J connectivity index is 2.30. The predicted molar refractivity (Wildman–Crippen MR) is 65.4 cm³/mol. The molecule has 1 N–H and O–H groups in total. The van der Waals surface area contributed by atoms with Crippen LogP contribution in [-0.2, 0) is 0 Å². The zero-order valence-electron chi connectivity index (χ0n) is 10.5. The maximum Gasteiger partial charge on any atom is 0.0951 e. The van der Waals surface area contributed by atoms with E-state index < -0.39 is 0 Å². The topological polar surface area (TPSA) is 28.4 Å². The van der Waals surface area contributed by atoms with Crippen LogP contribution in [0.4, 0.5) is 0 Å². The van der Waals surface area contributed by atoms with Crippen molar-refractivity contribution in [3.63, 3.8) is 0 Å². The van der Waals surface area contributed by atoms with Crippen LogP contribution in [0, 0.1) is 0 Å². The Labute approximate surface area is 97.8 Å². The zero-order valence-corrected chi connectivity index (χ0v) is 10.5. The summed E-state index contributed by atoms with van der Waals surface area (Å²) >= 11 is 0. The van der Waals surface area contributed by atoms with E-state index in [0.29, 0.717) is 6.04 Å². The SMILES string of the molecule is CNC(c1ccoc1)C1(N(C)C)CCCC1. The second kappa shape index (κ2) is 4.60. The number of rotatable bonds is 4. The molecule has 3 heteroatoms. The van der Waals surface area contributed by atoms with Gasteiger partial charge < -0.3 is 14.6 Å². The first-order valence-electron chi connectivity index (χ1n) is 6.07. The van der Waals surface area contributed by atoms with Gasteiger partial charge in [-0.1, -0.05) is 12.8 Å². The van der Waals surface area contributed by atoms with Gasteiger partial charge in [-0.15, -0.1) is 0 Å². The summed E-state index contributed by atoms with van der Waals surface area (Å²) in [7, 11) is 6.42. The first kappa shape index (κ1) is 11.7. The monoisotopic (exact) mass is 222 g/mol. The molecule has 0 aromatic carbocycles. The summed E-state index contributed by atoms with van der Waals surface area (Å²) in [5.74, 6) is 0. The molecule has 0 amide bonds. The fourth-order valence-electron chi connectivity index (χ4n) is 3.17. The third-order valence-electron chi connectivity index (χ3n) is 4.06. The Morgan fingerprint density at radius 1 is 1.38 bits per heavy atom. The molecular weight excluding hydrogens is 200 g/mol. The van der Waals surface area contributed by atoms with E-state index >= 15 is 0 Å². The van der Waals surface area contributed by atoms with Crippen molar-refractivity contribution in [1.82, 2.24) is 10.2 Å². The second-order valence-corrected chi connectivity index (χ2v) is 4.98. The van der Waals surface area contributed by atoms with E-state index in [2.05, 4.69) is 30.4 Å². The minimum absolute atomic E-state index is 0.249. The lowest BCUT2D eigenvalue weighted by atomic mass is 9.83. The number of nitrogens with zero attached hydrogens (tertiary/aromatic N) is 1. The van der Waals surface area contributed by atoms with E-state index in [0.717, 1.165) is 0 Å². The summed E-state index contributed by atoms with van der Waals surface area (Å²) < 4.78 is 5.22. The standard InChI is InChI=1S/C13H22N2O/c1-14-12(11-6-9-16-10-11)13(15(2)3)7-4-5-8-13/h6,9-10,12,14H,4-5,7-8H2,1-3H3. The summed E-state index contributed by atoms with van der Waals surface area (Å²) in [4.78, 5) is 2.38. The van der Waals surface area contributed by atoms with Crippen LogP contribution < -0.4 is 5.32 Å². The lowest BCUT2D eigenvalue weighted by Gasteiger charge is -2.43. The zero-order chi connectivity index (χ0) is 11.6. The summed E-state index contributed by atoms with van der Waals surface area (Å²) in [5, 5.41) is 3.47. The van der Waals surface area contributed by atoms with Crippen molar-refractivity contribution in [1.29, 1.82) is 0 Å². The number of furan rings is 1. The van der Waals surface area contributed by atoms with Crippen molar-refractivity contribution in [2.45, 2.75) is 37.3 Å². The van der Waals surface area contributed by atoms with Gasteiger partial charge in [0.25, 0.3) is 0 Å². The largest absolute Gasteiger partial charge is 0.472 e. The lowest BCUT2D eigenvalue weighted by molar-refractivity contribution is 0.108. The Bertz CT molecular complexity index is 313. The van der Waals surface area contributed by atoms with Gasteiger partial charge in [-0.25, -0.2) is 0 Å². The first-order chi connectivity index (χ1) is 7.70. The van der Waals surface area contributed by atoms with E-state index in [-0.39, 0.29) is 5.54 Å². The third kappa shape index (κ3) is 1.78. The summed E-state index contributed by atoms with van der Waals surface area (Å²) in [5.41, 5.74) is 1.51. The molecule has 90 valence electrons. The molecule has 1 saturated carbocycles. The fourth-order valence-corrected chi connectivity index (χ4v) is 3.17. The highest BCUT2D eigenvalue weighted by molar-refractivity contribution is 5.19. The minimum Gasteiger partial charge on any atom is -0.472 e. The maximum atomic E-state index is 5.22. The average molecular weight is 222 g/mol. The van der Waals surface area contributed by atoms with E-state index in [1.807, 2.05) is 13.3 Å². The molecule has 1 aliphatic carbocycles. The van der Waals surface area contributed by atoms with Crippen LogP contribution in [0.3, 0.4) is 0 Å². The average Bonchev–Trinajstić information content (AvgIpc) is 2.89. The molecule has 1 unspecified atom stereocenters. The molecular formula is C13H22N2O. The quantitative estimate of drug-likeness (QED) is 0.848. The normalized spacial score (nSPS) is 21.5. The lowest BCUT2D eigenvalue weighted by Crippen LogP contribution is -2.51. The van der Waals surface area contributed by atoms with Gasteiger partial charge in [0.15, 0.2) is 0 Å². The van der Waals surface area contributed by atoms with E-state index in [9.17, 15) is 0 Å². The van der Waals surface area contributed by atoms with Crippen molar-refractivity contribution < 1.29 is 4.42 Å². The molecule has 1 atom stereocenters. The van der Waals surface area contributed by atoms with Crippen LogP contribution in [-0.4, -0.2) is 31.6 Å². The Morgan fingerprint density at radius 3 is 2.50 bits per heavy atom. The second-order valence-electron chi connectivity index (χ2n) is 4.98. The van der Waals surface area contributed by atoms with Gasteiger partial charge in [-0.3, -0.25) is 0 Å². The molecule has 0 saturated heterocycles. The number of nitrogens with one attached hydrogen (secondary N) is 1. The molecule has 0 aliphatic heterocycles. The molecule has 3 nitrogen and oxygen atoms in total. The Morgan fingerprint density at radius 2 is 2.06 bits per heavy atom. The highest BCUT2D eigenvalue weighted by Gasteiger charge is 2.43. The molecule has 0 spiro atoms. The summed E-state index contributed by atoms with van der Waals surface area (Å²) in [6.07, 6.45) is 8.80. The van der Waals surface area contributed by atoms with Crippen molar-refractivity contribution in [2.75, 3.05) is 21.1 Å². The van der Waals surface area contributed by atoms with Crippen LogP contribution in [0.5, 0.6) is 0 Å². The molecule has 2 rings (SSSR count). The van der Waals surface area contributed by atoms with Gasteiger partial charge in [0.05, 0.1) is 18.6 Å². The van der Waals surface area contributed by atoms with Crippen molar-refractivity contribution in [2.24, 2.45) is 0 Å². The van der Waals surface area contributed by atoms with Gasteiger partial charge >= 0.3 is 0 Å². The van der Waals surface area contributed by atoms with E-state index in [4.69, 9.17) is 4.42 Å². The third-order valence-corrected chi connectivity index (χ3v) is 4.06. The van der Waals surface area contributed by atoms with Gasteiger partial charge in [-0.2, -0.15) is 0 Å². The van der Waals surface area contributed by atoms with Gasteiger partial charge in [0.1, 0.15) is 0 Å². The fraction of sp³-hybridized carbons (Fsp3) is 0.692. The molecule has 1 aromatic rings. The Kier molecular flexibility index (Phi) is 3.36. The highest BCUT2D eigenvalue weighted by Crippen LogP contribution is 2.43. The van der Waals surface area contributed by atoms with Crippen molar-refractivity contribution in [3.05, 3.63) is 24.2 Å². The van der Waals surface area contributed by atoms with Crippen molar-refractivity contribution in [3.8, 4) is 0 Å². The van der Waals surface area contributed by atoms with Crippen LogP contribution in [0.2, 0.25) is 0 Å². The van der Waals surface area contributed by atoms with Gasteiger partial charge in [0, 0.05) is 11.1 Å². The number of hydrogen-bond donors (Lipinski definition) is 1. The van der Waals surface area contributed by atoms with E-state index in [1.54, 1.807) is 6.26 Å². The highest BCUT2D eigenvalue weighted by atomic mass is 16.3. The van der Waals surface area contributed by atoms with Crippen LogP contribution in [0.25, 0.3) is 0 Å². The molecule has 0 bridgehead atoms. The number of likely N-dealkylation sites (N-methyl/N-ethyl adjacent to an activating group) is 2. The minimum atomic E-state index is 0.249. The molecule has 1 heterocycles. The maximum absolute atomic E-state index is 5.22. The van der Waals surface area contributed by atoms with Gasteiger partial charge in [-0.05, 0) is 40.1 Å². The smallest absolute Gasteiger partial charge is 0.0951 e. The van der Waals surface area contributed by atoms with Gasteiger partial charge in [0.2, 0.25) is 0 Å². The summed E-state index contributed by atoms with van der Waals surface area (Å²) in [6.45, 7) is 0. The van der Waals surface area contributed by atoms with E-state index in [1.165, 1.54) is 31.2 Å². The molecule has 1 aliphatic rings. The Hall–Kier alpha value is -0.800. The first-order valence-corrected chi connectivity index (χ1v) is 6.07. The summed E-state index contributed by atoms with van der Waals surface area (Å²) in [6, 6.07) is 2.44. The molecule has 0 radical (unpaired) electrons. The molecule has 1 fully saturated rings. The molecule has 16 heavy (non-hydrogen) atoms.